The van der Waals surface area contributed by atoms with E-state index in [9.17, 15) is 0 Å². The van der Waals surface area contributed by atoms with Crippen LogP contribution in [0.25, 0.3) is 10.2 Å². The second kappa shape index (κ2) is 3.94. The van der Waals surface area contributed by atoms with Crippen molar-refractivity contribution in [3.05, 3.63) is 42.1 Å². The Morgan fingerprint density at radius 3 is 3.31 bits per heavy atom. The SMILES string of the molecule is [c]1nc2c(OCc3ncco3)cccc2s1. The molecule has 0 unspecified atom stereocenters. The number of aromatic nitrogens is 2. The van der Waals surface area contributed by atoms with Crippen LogP contribution in [0.3, 0.4) is 0 Å². The fourth-order valence-electron chi connectivity index (χ4n) is 1.39. The Morgan fingerprint density at radius 1 is 1.44 bits per heavy atom. The molecule has 0 aliphatic carbocycles. The lowest BCUT2D eigenvalue weighted by atomic mass is 10.3. The van der Waals surface area contributed by atoms with Crippen molar-refractivity contribution < 1.29 is 9.15 Å². The van der Waals surface area contributed by atoms with Crippen LogP contribution >= 0.6 is 11.3 Å². The number of rotatable bonds is 3. The van der Waals surface area contributed by atoms with E-state index in [0.717, 1.165) is 16.0 Å². The van der Waals surface area contributed by atoms with Gasteiger partial charge in [0.1, 0.15) is 17.5 Å². The molecule has 4 nitrogen and oxygen atoms in total. The summed E-state index contributed by atoms with van der Waals surface area (Å²) in [7, 11) is 0. The highest BCUT2D eigenvalue weighted by Crippen LogP contribution is 2.27. The van der Waals surface area contributed by atoms with Crippen molar-refractivity contribution in [2.75, 3.05) is 0 Å². The predicted molar refractivity (Wildman–Crippen MR) is 59.3 cm³/mol. The molecule has 5 heteroatoms. The smallest absolute Gasteiger partial charge is 0.232 e. The lowest BCUT2D eigenvalue weighted by molar-refractivity contribution is 0.265. The molecule has 1 aromatic carbocycles. The molecule has 0 amide bonds. The molecule has 3 aromatic rings. The minimum atomic E-state index is 0.309. The number of hydrogen-bond donors (Lipinski definition) is 0. The van der Waals surface area contributed by atoms with Gasteiger partial charge in [-0.15, -0.1) is 11.3 Å². The van der Waals surface area contributed by atoms with E-state index in [1.54, 1.807) is 6.20 Å². The van der Waals surface area contributed by atoms with Crippen molar-refractivity contribution in [1.29, 1.82) is 0 Å². The van der Waals surface area contributed by atoms with Gasteiger partial charge in [-0.1, -0.05) is 6.07 Å². The normalized spacial score (nSPS) is 10.8. The van der Waals surface area contributed by atoms with Crippen LogP contribution in [0.2, 0.25) is 0 Å². The molecule has 3 rings (SSSR count). The first-order chi connectivity index (χ1) is 7.93. The topological polar surface area (TPSA) is 48.2 Å². The Labute approximate surface area is 95.5 Å². The van der Waals surface area contributed by atoms with Crippen LogP contribution in [0.4, 0.5) is 0 Å². The Kier molecular flexibility index (Phi) is 2.30. The van der Waals surface area contributed by atoms with Gasteiger partial charge in [-0.25, -0.2) is 9.97 Å². The summed E-state index contributed by atoms with van der Waals surface area (Å²) in [5.74, 6) is 1.28. The summed E-state index contributed by atoms with van der Waals surface area (Å²) in [4.78, 5) is 8.12. The second-order valence-electron chi connectivity index (χ2n) is 3.12. The monoisotopic (exact) mass is 231 g/mol. The van der Waals surface area contributed by atoms with Crippen LogP contribution in [0.1, 0.15) is 5.89 Å². The molecule has 0 saturated carbocycles. The van der Waals surface area contributed by atoms with E-state index in [1.807, 2.05) is 18.2 Å². The van der Waals surface area contributed by atoms with Crippen LogP contribution in [-0.4, -0.2) is 9.97 Å². The molecule has 0 aliphatic rings. The number of ether oxygens (including phenoxy) is 1. The maximum absolute atomic E-state index is 5.59. The summed E-state index contributed by atoms with van der Waals surface area (Å²) < 4.78 is 11.7. The van der Waals surface area contributed by atoms with Crippen molar-refractivity contribution in [3.8, 4) is 5.75 Å². The molecular weight excluding hydrogens is 224 g/mol. The Morgan fingerprint density at radius 2 is 2.44 bits per heavy atom. The molecule has 1 radical (unpaired) electrons. The summed E-state index contributed by atoms with van der Waals surface area (Å²) in [6.45, 7) is 0.309. The van der Waals surface area contributed by atoms with Crippen LogP contribution in [0, 0.1) is 5.51 Å². The van der Waals surface area contributed by atoms with Gasteiger partial charge in [0.05, 0.1) is 10.9 Å². The first-order valence-corrected chi connectivity index (χ1v) is 5.52. The maximum atomic E-state index is 5.59. The number of oxazole rings is 1. The highest BCUT2D eigenvalue weighted by Gasteiger charge is 2.06. The van der Waals surface area contributed by atoms with E-state index in [0.29, 0.717) is 12.5 Å². The fraction of sp³-hybridized carbons (Fsp3) is 0.0909. The average Bonchev–Trinajstić information content (AvgIpc) is 2.97. The summed E-state index contributed by atoms with van der Waals surface area (Å²) >= 11 is 1.47. The Bertz CT molecular complexity index is 589. The quantitative estimate of drug-likeness (QED) is 0.695. The first kappa shape index (κ1) is 9.35. The van der Waals surface area contributed by atoms with E-state index in [4.69, 9.17) is 9.15 Å². The van der Waals surface area contributed by atoms with Gasteiger partial charge in [-0.05, 0) is 12.1 Å². The lowest BCUT2D eigenvalue weighted by Crippen LogP contribution is -1.95. The molecule has 0 N–H and O–H groups in total. The highest BCUT2D eigenvalue weighted by atomic mass is 32.1. The van der Waals surface area contributed by atoms with Crippen molar-refractivity contribution in [2.24, 2.45) is 0 Å². The van der Waals surface area contributed by atoms with Gasteiger partial charge >= 0.3 is 0 Å². The predicted octanol–water partition coefficient (Wildman–Crippen LogP) is 2.66. The summed E-state index contributed by atoms with van der Waals surface area (Å²) in [6, 6.07) is 5.79. The number of thiazole rings is 1. The molecule has 0 bridgehead atoms. The van der Waals surface area contributed by atoms with E-state index < -0.39 is 0 Å². The zero-order chi connectivity index (χ0) is 10.8. The molecule has 16 heavy (non-hydrogen) atoms. The number of nitrogens with zero attached hydrogens (tertiary/aromatic N) is 2. The molecule has 0 spiro atoms. The molecule has 2 aromatic heterocycles. The third-order valence-electron chi connectivity index (χ3n) is 2.11. The number of hydrogen-bond acceptors (Lipinski definition) is 5. The van der Waals surface area contributed by atoms with Gasteiger partial charge in [-0.2, -0.15) is 0 Å². The van der Waals surface area contributed by atoms with Crippen LogP contribution in [-0.2, 0) is 6.61 Å². The third-order valence-corrected chi connectivity index (χ3v) is 2.84. The average molecular weight is 231 g/mol. The van der Waals surface area contributed by atoms with Crippen molar-refractivity contribution in [3.63, 3.8) is 0 Å². The summed E-state index contributed by atoms with van der Waals surface area (Å²) in [5.41, 5.74) is 3.68. The number of fused-ring (bicyclic) bond motifs is 1. The van der Waals surface area contributed by atoms with Gasteiger partial charge in [-0.3, -0.25) is 0 Å². The maximum Gasteiger partial charge on any atom is 0.232 e. The summed E-state index contributed by atoms with van der Waals surface area (Å²) in [5, 5.41) is 0. The van der Waals surface area contributed by atoms with Gasteiger partial charge in [0.15, 0.2) is 12.1 Å². The third kappa shape index (κ3) is 1.65. The fourth-order valence-corrected chi connectivity index (χ4v) is 2.02. The zero-order valence-corrected chi connectivity index (χ0v) is 9.03. The second-order valence-corrected chi connectivity index (χ2v) is 3.95. The summed E-state index contributed by atoms with van der Waals surface area (Å²) in [6.07, 6.45) is 3.12. The van der Waals surface area contributed by atoms with Gasteiger partial charge in [0, 0.05) is 0 Å². The van der Waals surface area contributed by atoms with Crippen molar-refractivity contribution in [1.82, 2.24) is 9.97 Å². The zero-order valence-electron chi connectivity index (χ0n) is 8.21. The van der Waals surface area contributed by atoms with E-state index in [-0.39, 0.29) is 0 Å². The molecule has 0 fully saturated rings. The first-order valence-electron chi connectivity index (χ1n) is 4.70. The van der Waals surface area contributed by atoms with Crippen LogP contribution in [0.5, 0.6) is 5.75 Å². The Balaban J connectivity index is 1.86. The molecule has 2 heterocycles. The molecule has 0 aliphatic heterocycles. The van der Waals surface area contributed by atoms with Crippen molar-refractivity contribution >= 4 is 21.6 Å². The molecule has 0 saturated heterocycles. The lowest BCUT2D eigenvalue weighted by Gasteiger charge is -2.03. The standard InChI is InChI=1S/C11H7N2O2S/c1-2-8(11-9(3-1)16-7-13-11)15-6-10-12-4-5-14-10/h1-5H,6H2. The Hall–Kier alpha value is -1.88. The number of benzene rings is 1. The van der Waals surface area contributed by atoms with Gasteiger partial charge in [0.2, 0.25) is 5.89 Å². The minimum absolute atomic E-state index is 0.309. The highest BCUT2D eigenvalue weighted by molar-refractivity contribution is 7.16. The molecule has 79 valence electrons. The van der Waals surface area contributed by atoms with Crippen molar-refractivity contribution in [2.45, 2.75) is 6.61 Å². The van der Waals surface area contributed by atoms with Crippen LogP contribution < -0.4 is 4.74 Å². The van der Waals surface area contributed by atoms with Gasteiger partial charge < -0.3 is 9.15 Å². The number of para-hydroxylation sites is 1. The van der Waals surface area contributed by atoms with Gasteiger partial charge in [0.25, 0.3) is 0 Å². The van der Waals surface area contributed by atoms with Crippen LogP contribution in [0.15, 0.2) is 35.1 Å². The van der Waals surface area contributed by atoms with E-state index in [1.165, 1.54) is 17.6 Å². The van der Waals surface area contributed by atoms with E-state index in [2.05, 4.69) is 15.5 Å². The minimum Gasteiger partial charge on any atom is -0.482 e. The molecule has 0 atom stereocenters. The van der Waals surface area contributed by atoms with E-state index >= 15 is 0 Å². The largest absolute Gasteiger partial charge is 0.482 e. The molecular formula is C11H7N2O2S.